The Morgan fingerprint density at radius 3 is 2.79 bits per heavy atom. The Bertz CT molecular complexity index is 1160. The van der Waals surface area contributed by atoms with Crippen LogP contribution in [-0.4, -0.2) is 77.7 Å². The van der Waals surface area contributed by atoms with Crippen molar-refractivity contribution in [1.82, 2.24) is 39.4 Å². The van der Waals surface area contributed by atoms with Crippen molar-refractivity contribution in [3.8, 4) is 11.6 Å². The molecule has 1 saturated carbocycles. The molecule has 2 aliphatic heterocycles. The molecule has 1 amide bonds. The molecule has 33 heavy (non-hydrogen) atoms. The molecule has 5 heterocycles. The van der Waals surface area contributed by atoms with Gasteiger partial charge in [0.05, 0.1) is 37.2 Å². The van der Waals surface area contributed by atoms with Crippen molar-refractivity contribution in [1.29, 1.82) is 0 Å². The van der Waals surface area contributed by atoms with Crippen LogP contribution in [0.1, 0.15) is 61.3 Å². The van der Waals surface area contributed by atoms with Crippen LogP contribution >= 0.6 is 0 Å². The van der Waals surface area contributed by atoms with E-state index in [2.05, 4.69) is 32.1 Å². The third-order valence-corrected chi connectivity index (χ3v) is 6.89. The van der Waals surface area contributed by atoms with Gasteiger partial charge in [0.1, 0.15) is 12.0 Å². The van der Waals surface area contributed by atoms with Gasteiger partial charge in [0.2, 0.25) is 0 Å². The van der Waals surface area contributed by atoms with Crippen LogP contribution in [0.15, 0.2) is 24.9 Å². The third-order valence-electron chi connectivity index (χ3n) is 6.89. The highest BCUT2D eigenvalue weighted by atomic mass is 16.5. The largest absolute Gasteiger partial charge is 0.378 e. The number of ether oxygens (including phenoxy) is 1. The molecule has 1 unspecified atom stereocenters. The van der Waals surface area contributed by atoms with Gasteiger partial charge >= 0.3 is 0 Å². The van der Waals surface area contributed by atoms with Crippen LogP contribution in [-0.2, 0) is 4.74 Å². The van der Waals surface area contributed by atoms with E-state index in [0.29, 0.717) is 43.9 Å². The monoisotopic (exact) mass is 449 g/mol. The minimum Gasteiger partial charge on any atom is -0.378 e. The fraction of sp³-hybridized carbons (Fsp3) is 0.545. The summed E-state index contributed by atoms with van der Waals surface area (Å²) >= 11 is 0. The van der Waals surface area contributed by atoms with E-state index in [1.807, 2.05) is 10.8 Å². The van der Waals surface area contributed by atoms with Gasteiger partial charge in [-0.2, -0.15) is 10.1 Å². The lowest BCUT2D eigenvalue weighted by Crippen LogP contribution is -2.42. The van der Waals surface area contributed by atoms with E-state index in [4.69, 9.17) is 9.72 Å². The van der Waals surface area contributed by atoms with Crippen LogP contribution in [0.5, 0.6) is 0 Å². The normalized spacial score (nSPS) is 20.7. The maximum absolute atomic E-state index is 12.8. The molecule has 11 heteroatoms. The number of anilines is 1. The van der Waals surface area contributed by atoms with Crippen LogP contribution in [0.4, 0.5) is 5.82 Å². The Hall–Kier alpha value is -3.34. The molecule has 0 bridgehead atoms. The molecule has 1 saturated heterocycles. The summed E-state index contributed by atoms with van der Waals surface area (Å²) < 4.78 is 8.93. The average Bonchev–Trinajstić information content (AvgIpc) is 3.64. The van der Waals surface area contributed by atoms with Gasteiger partial charge < -0.3 is 14.5 Å². The molecule has 0 spiro atoms. The van der Waals surface area contributed by atoms with Crippen LogP contribution in [0.3, 0.4) is 0 Å². The van der Waals surface area contributed by atoms with Gasteiger partial charge in [0, 0.05) is 25.3 Å². The number of aromatic nitrogens is 7. The summed E-state index contributed by atoms with van der Waals surface area (Å²) in [6.45, 7) is 4.49. The lowest BCUT2D eigenvalue weighted by atomic mass is 10.0. The van der Waals surface area contributed by atoms with Crippen molar-refractivity contribution in [3.63, 3.8) is 0 Å². The van der Waals surface area contributed by atoms with Gasteiger partial charge in [0.25, 0.3) is 11.9 Å². The van der Waals surface area contributed by atoms with Crippen molar-refractivity contribution in [2.75, 3.05) is 31.2 Å². The first-order valence-corrected chi connectivity index (χ1v) is 11.7. The highest BCUT2D eigenvalue weighted by molar-refractivity contribution is 5.93. The molecule has 1 aliphatic carbocycles. The fourth-order valence-electron chi connectivity index (χ4n) is 5.24. The fourth-order valence-corrected chi connectivity index (χ4v) is 5.24. The minimum absolute atomic E-state index is 0.0460. The maximum Gasteiger partial charge on any atom is 0.257 e. The molecule has 1 atom stereocenters. The molecule has 0 N–H and O–H groups in total. The van der Waals surface area contributed by atoms with E-state index < -0.39 is 0 Å². The van der Waals surface area contributed by atoms with E-state index in [-0.39, 0.29) is 11.9 Å². The Balaban J connectivity index is 1.38. The topological polar surface area (TPSA) is 107 Å². The van der Waals surface area contributed by atoms with Gasteiger partial charge in [-0.15, -0.1) is 10.2 Å². The number of hydrogen-bond donors (Lipinski definition) is 0. The number of hydrogen-bond acceptors (Lipinski definition) is 8. The van der Waals surface area contributed by atoms with Crippen LogP contribution in [0.2, 0.25) is 0 Å². The van der Waals surface area contributed by atoms with Gasteiger partial charge in [-0.1, -0.05) is 19.8 Å². The van der Waals surface area contributed by atoms with Crippen molar-refractivity contribution >= 4 is 11.7 Å². The SMILES string of the molecule is CCC1c2nncn2-c2cnc(-n3cc(C(=O)N4CCOCC4)cn3)nc2N1C1CCCC1. The molecule has 2 fully saturated rings. The zero-order chi connectivity index (χ0) is 22.4. The van der Waals surface area contributed by atoms with Crippen LogP contribution < -0.4 is 4.90 Å². The third kappa shape index (κ3) is 3.38. The minimum atomic E-state index is -0.0460. The quantitative estimate of drug-likeness (QED) is 0.595. The smallest absolute Gasteiger partial charge is 0.257 e. The lowest BCUT2D eigenvalue weighted by Gasteiger charge is -2.40. The standard InChI is InChI=1S/C22H27N9O2/c1-2-17-20-27-24-14-29(20)18-12-23-22(26-19(18)31(17)16-5-3-4-6-16)30-13-15(11-25-30)21(32)28-7-9-33-10-8-28/h11-14,16-17H,2-10H2,1H3. The van der Waals surface area contributed by atoms with Crippen LogP contribution in [0, 0.1) is 0 Å². The molecule has 172 valence electrons. The second kappa shape index (κ2) is 8.22. The molecule has 3 aliphatic rings. The molecule has 6 rings (SSSR count). The second-order valence-electron chi connectivity index (χ2n) is 8.79. The Morgan fingerprint density at radius 2 is 2.00 bits per heavy atom. The van der Waals surface area contributed by atoms with Gasteiger partial charge in [-0.25, -0.2) is 9.67 Å². The molecule has 0 aromatic carbocycles. The summed E-state index contributed by atoms with van der Waals surface area (Å²) in [6.07, 6.45) is 12.5. The second-order valence-corrected chi connectivity index (χ2v) is 8.79. The summed E-state index contributed by atoms with van der Waals surface area (Å²) in [5.41, 5.74) is 1.41. The lowest BCUT2D eigenvalue weighted by molar-refractivity contribution is 0.0303. The van der Waals surface area contributed by atoms with Crippen molar-refractivity contribution in [3.05, 3.63) is 36.3 Å². The molecular formula is C22H27N9O2. The number of rotatable bonds is 4. The molecular weight excluding hydrogens is 422 g/mol. The Labute approximate surface area is 191 Å². The summed E-state index contributed by atoms with van der Waals surface area (Å²) in [5, 5.41) is 13.0. The Kier molecular flexibility index (Phi) is 5.05. The van der Waals surface area contributed by atoms with Crippen LogP contribution in [0.25, 0.3) is 11.6 Å². The number of nitrogens with zero attached hydrogens (tertiary/aromatic N) is 9. The number of carbonyl (C=O) groups is 1. The number of morpholine rings is 1. The van der Waals surface area contributed by atoms with E-state index in [1.54, 1.807) is 28.3 Å². The van der Waals surface area contributed by atoms with Crippen molar-refractivity contribution < 1.29 is 9.53 Å². The molecule has 3 aromatic heterocycles. The highest BCUT2D eigenvalue weighted by Crippen LogP contribution is 2.42. The zero-order valence-corrected chi connectivity index (χ0v) is 18.7. The molecule has 0 radical (unpaired) electrons. The predicted molar refractivity (Wildman–Crippen MR) is 119 cm³/mol. The first-order valence-electron chi connectivity index (χ1n) is 11.7. The molecule has 11 nitrogen and oxygen atoms in total. The first-order chi connectivity index (χ1) is 16.2. The number of carbonyl (C=O) groups excluding carboxylic acids is 1. The van der Waals surface area contributed by atoms with E-state index in [9.17, 15) is 4.79 Å². The average molecular weight is 450 g/mol. The van der Waals surface area contributed by atoms with E-state index >= 15 is 0 Å². The zero-order valence-electron chi connectivity index (χ0n) is 18.7. The number of amides is 1. The summed E-state index contributed by atoms with van der Waals surface area (Å²) in [5.74, 6) is 2.22. The summed E-state index contributed by atoms with van der Waals surface area (Å²) in [7, 11) is 0. The van der Waals surface area contributed by atoms with Gasteiger partial charge in [-0.3, -0.25) is 9.36 Å². The van der Waals surface area contributed by atoms with Crippen molar-refractivity contribution in [2.45, 2.75) is 51.1 Å². The molecule has 3 aromatic rings. The van der Waals surface area contributed by atoms with E-state index in [0.717, 1.165) is 36.6 Å². The predicted octanol–water partition coefficient (Wildman–Crippen LogP) is 1.93. The van der Waals surface area contributed by atoms with Gasteiger partial charge in [-0.05, 0) is 19.3 Å². The maximum atomic E-state index is 12.8. The summed E-state index contributed by atoms with van der Waals surface area (Å²) in [6, 6.07) is 0.528. The highest BCUT2D eigenvalue weighted by Gasteiger charge is 2.38. The number of fused-ring (bicyclic) bond motifs is 3. The van der Waals surface area contributed by atoms with Gasteiger partial charge in [0.15, 0.2) is 11.6 Å². The Morgan fingerprint density at radius 1 is 1.18 bits per heavy atom. The first kappa shape index (κ1) is 20.3. The summed E-state index contributed by atoms with van der Waals surface area (Å²) in [4.78, 5) is 26.6. The van der Waals surface area contributed by atoms with E-state index in [1.165, 1.54) is 12.8 Å². The van der Waals surface area contributed by atoms with Crippen molar-refractivity contribution in [2.24, 2.45) is 0 Å².